The third-order valence-electron chi connectivity index (χ3n) is 8.36. The number of aryl methyl sites for hydroxylation is 2. The largest absolute Gasteiger partial charge is 0.508 e. The van der Waals surface area contributed by atoms with Crippen LogP contribution in [0.4, 0.5) is 0 Å². The average Bonchev–Trinajstić information content (AvgIpc) is 3.09. The van der Waals surface area contributed by atoms with Gasteiger partial charge in [-0.2, -0.15) is 0 Å². The van der Waals surface area contributed by atoms with E-state index in [0.717, 1.165) is 32.1 Å². The van der Waals surface area contributed by atoms with Gasteiger partial charge in [0.1, 0.15) is 11.9 Å². The third kappa shape index (κ3) is 3.42. The minimum Gasteiger partial charge on any atom is -0.508 e. The molecule has 0 bridgehead atoms. The summed E-state index contributed by atoms with van der Waals surface area (Å²) >= 11 is 0. The van der Waals surface area contributed by atoms with Gasteiger partial charge in [0.05, 0.1) is 0 Å². The number of hydrogen-bond acceptors (Lipinski definition) is 3. The molecule has 3 aliphatic carbocycles. The molecule has 3 aliphatic rings. The first-order chi connectivity index (χ1) is 14.5. The second kappa shape index (κ2) is 7.76. The molecule has 0 unspecified atom stereocenters. The van der Waals surface area contributed by atoms with Crippen molar-refractivity contribution in [2.45, 2.75) is 70.3 Å². The summed E-state index contributed by atoms with van der Waals surface area (Å²) in [4.78, 5) is 12.6. The molecule has 2 fully saturated rings. The molecule has 0 aliphatic heterocycles. The lowest BCUT2D eigenvalue weighted by Gasteiger charge is -2.50. The van der Waals surface area contributed by atoms with E-state index >= 15 is 0 Å². The zero-order valence-electron chi connectivity index (χ0n) is 17.8. The fourth-order valence-electron chi connectivity index (χ4n) is 6.82. The smallest absolute Gasteiger partial charge is 0.306 e. The minimum absolute atomic E-state index is 0.0442. The summed E-state index contributed by atoms with van der Waals surface area (Å²) in [6, 6.07) is 16.2. The van der Waals surface area contributed by atoms with Crippen molar-refractivity contribution in [1.29, 1.82) is 0 Å². The molecular formula is C27H32O3. The first-order valence-electron chi connectivity index (χ1n) is 11.6. The highest BCUT2D eigenvalue weighted by Crippen LogP contribution is 2.61. The summed E-state index contributed by atoms with van der Waals surface area (Å²) in [6.45, 7) is 2.38. The molecule has 3 heteroatoms. The molecule has 5 atom stereocenters. The van der Waals surface area contributed by atoms with Gasteiger partial charge >= 0.3 is 5.97 Å². The van der Waals surface area contributed by atoms with E-state index < -0.39 is 0 Å². The number of esters is 1. The Morgan fingerprint density at radius 2 is 1.93 bits per heavy atom. The van der Waals surface area contributed by atoms with Crippen LogP contribution in [0.2, 0.25) is 0 Å². The Kier molecular flexibility index (Phi) is 5.08. The maximum Gasteiger partial charge on any atom is 0.306 e. The van der Waals surface area contributed by atoms with Crippen molar-refractivity contribution in [2.75, 3.05) is 0 Å². The second-order valence-corrected chi connectivity index (χ2v) is 9.88. The number of ether oxygens (including phenoxy) is 1. The number of aromatic hydroxyl groups is 1. The lowest BCUT2D eigenvalue weighted by atomic mass is 9.55. The summed E-state index contributed by atoms with van der Waals surface area (Å²) < 4.78 is 6.10. The number of carbonyl (C=O) groups is 1. The molecule has 2 aromatic rings. The van der Waals surface area contributed by atoms with Gasteiger partial charge in [0.2, 0.25) is 0 Å². The SMILES string of the molecule is C[C@]12CC[C@@H]3c4ccc(O)cc4CC[C@@H]3[C@@H]1CC[C@H]2OC(=O)CCc1ccccc1. The van der Waals surface area contributed by atoms with Gasteiger partial charge < -0.3 is 9.84 Å². The molecule has 1 N–H and O–H groups in total. The van der Waals surface area contributed by atoms with Gasteiger partial charge in [0, 0.05) is 11.8 Å². The molecule has 2 saturated carbocycles. The summed E-state index contributed by atoms with van der Waals surface area (Å²) in [5, 5.41) is 9.86. The first kappa shape index (κ1) is 19.7. The number of phenolic OH excluding ortho intramolecular Hbond substituents is 1. The van der Waals surface area contributed by atoms with Crippen LogP contribution in [0.1, 0.15) is 68.1 Å². The Balaban J connectivity index is 1.26. The average molecular weight is 405 g/mol. The maximum absolute atomic E-state index is 12.6. The maximum atomic E-state index is 12.6. The fraction of sp³-hybridized carbons (Fsp3) is 0.519. The van der Waals surface area contributed by atoms with Crippen molar-refractivity contribution in [3.8, 4) is 5.75 Å². The Morgan fingerprint density at radius 3 is 2.77 bits per heavy atom. The van der Waals surface area contributed by atoms with E-state index in [2.05, 4.69) is 25.1 Å². The van der Waals surface area contributed by atoms with E-state index in [1.807, 2.05) is 30.3 Å². The van der Waals surface area contributed by atoms with Crippen molar-refractivity contribution in [1.82, 2.24) is 0 Å². The molecule has 0 aromatic heterocycles. The molecule has 0 heterocycles. The molecule has 2 aromatic carbocycles. The van der Waals surface area contributed by atoms with Crippen molar-refractivity contribution >= 4 is 5.97 Å². The molecule has 3 nitrogen and oxygen atoms in total. The number of fused-ring (bicyclic) bond motifs is 5. The fourth-order valence-corrected chi connectivity index (χ4v) is 6.82. The number of carbonyl (C=O) groups excluding carboxylic acids is 1. The van der Waals surface area contributed by atoms with Crippen molar-refractivity contribution in [2.24, 2.45) is 17.3 Å². The van der Waals surface area contributed by atoms with E-state index in [4.69, 9.17) is 4.74 Å². The monoisotopic (exact) mass is 404 g/mol. The van der Waals surface area contributed by atoms with Crippen LogP contribution in [-0.4, -0.2) is 17.2 Å². The summed E-state index contributed by atoms with van der Waals surface area (Å²) in [5.74, 6) is 2.24. The van der Waals surface area contributed by atoms with Gasteiger partial charge in [0.25, 0.3) is 0 Å². The van der Waals surface area contributed by atoms with Crippen LogP contribution >= 0.6 is 0 Å². The number of rotatable bonds is 4. The quantitative estimate of drug-likeness (QED) is 0.656. The lowest BCUT2D eigenvalue weighted by molar-refractivity contribution is -0.157. The Labute approximate surface area is 179 Å². The zero-order chi connectivity index (χ0) is 20.7. The second-order valence-electron chi connectivity index (χ2n) is 9.88. The highest BCUT2D eigenvalue weighted by Gasteiger charge is 2.56. The van der Waals surface area contributed by atoms with E-state index in [9.17, 15) is 9.90 Å². The molecule has 0 spiro atoms. The topological polar surface area (TPSA) is 46.5 Å². The lowest BCUT2D eigenvalue weighted by Crippen LogP contribution is -2.45. The Bertz CT molecular complexity index is 921. The van der Waals surface area contributed by atoms with Gasteiger partial charge in [-0.05, 0) is 91.5 Å². The number of hydrogen-bond donors (Lipinski definition) is 1. The van der Waals surface area contributed by atoms with Gasteiger partial charge in [-0.15, -0.1) is 0 Å². The molecule has 0 saturated heterocycles. The summed E-state index contributed by atoms with van der Waals surface area (Å²) in [5.41, 5.74) is 4.09. The van der Waals surface area contributed by atoms with E-state index in [1.165, 1.54) is 29.5 Å². The molecule has 158 valence electrons. The van der Waals surface area contributed by atoms with Crippen LogP contribution in [0.15, 0.2) is 48.5 Å². The van der Waals surface area contributed by atoms with Crippen LogP contribution in [0, 0.1) is 17.3 Å². The van der Waals surface area contributed by atoms with E-state index in [1.54, 1.807) is 0 Å². The first-order valence-corrected chi connectivity index (χ1v) is 11.6. The van der Waals surface area contributed by atoms with Gasteiger partial charge in [-0.1, -0.05) is 43.3 Å². The van der Waals surface area contributed by atoms with E-state index in [0.29, 0.717) is 29.9 Å². The molecule has 0 amide bonds. The van der Waals surface area contributed by atoms with Crippen molar-refractivity contribution in [3.05, 3.63) is 65.2 Å². The van der Waals surface area contributed by atoms with Crippen molar-refractivity contribution in [3.63, 3.8) is 0 Å². The third-order valence-corrected chi connectivity index (χ3v) is 8.36. The Morgan fingerprint density at radius 1 is 1.10 bits per heavy atom. The van der Waals surface area contributed by atoms with Crippen LogP contribution in [-0.2, 0) is 22.4 Å². The highest BCUT2D eigenvalue weighted by atomic mass is 16.5. The number of phenols is 1. The minimum atomic E-state index is -0.0442. The van der Waals surface area contributed by atoms with Crippen LogP contribution in [0.25, 0.3) is 0 Å². The standard InChI is InChI=1S/C27H32O3/c1-27-16-15-22-21-11-9-20(28)17-19(21)8-10-23(22)24(27)12-13-25(27)30-26(29)14-7-18-5-3-2-4-6-18/h2-6,9,11,17,22-25,28H,7-8,10,12-16H2,1H3/t22-,23+,24+,25-,27+/m1/s1. The van der Waals surface area contributed by atoms with Crippen LogP contribution in [0.5, 0.6) is 5.75 Å². The van der Waals surface area contributed by atoms with Crippen LogP contribution in [0.3, 0.4) is 0 Å². The predicted octanol–water partition coefficient (Wildman–Crippen LogP) is 5.79. The van der Waals surface area contributed by atoms with Crippen LogP contribution < -0.4 is 0 Å². The van der Waals surface area contributed by atoms with Gasteiger partial charge in [-0.3, -0.25) is 4.79 Å². The summed E-state index contributed by atoms with van der Waals surface area (Å²) in [7, 11) is 0. The zero-order valence-corrected chi connectivity index (χ0v) is 17.8. The predicted molar refractivity (Wildman–Crippen MR) is 117 cm³/mol. The molecule has 0 radical (unpaired) electrons. The normalized spacial score (nSPS) is 32.0. The Hall–Kier alpha value is -2.29. The molecule has 30 heavy (non-hydrogen) atoms. The summed E-state index contributed by atoms with van der Waals surface area (Å²) in [6.07, 6.45) is 7.97. The van der Waals surface area contributed by atoms with E-state index in [-0.39, 0.29) is 17.5 Å². The van der Waals surface area contributed by atoms with Gasteiger partial charge in [0.15, 0.2) is 0 Å². The molecular weight excluding hydrogens is 372 g/mol. The highest BCUT2D eigenvalue weighted by molar-refractivity contribution is 5.70. The number of benzene rings is 2. The van der Waals surface area contributed by atoms with Gasteiger partial charge in [-0.25, -0.2) is 0 Å². The van der Waals surface area contributed by atoms with Crippen molar-refractivity contribution < 1.29 is 14.6 Å². The molecule has 5 rings (SSSR count).